The highest BCUT2D eigenvalue weighted by atomic mass is 32.1. The van der Waals surface area contributed by atoms with E-state index < -0.39 is 0 Å². The summed E-state index contributed by atoms with van der Waals surface area (Å²) in [6.07, 6.45) is 1.94. The minimum atomic E-state index is -0.170. The first-order valence-electron chi connectivity index (χ1n) is 3.09. The molecule has 0 aromatic rings. The lowest BCUT2D eigenvalue weighted by Gasteiger charge is -2.29. The molecule has 1 aliphatic carbocycles. The molecular formula is C6H10O2S. The molecule has 1 fully saturated rings. The molecule has 9 heavy (non-hydrogen) atoms. The molecule has 3 heteroatoms. The predicted molar refractivity (Wildman–Crippen MR) is 37.0 cm³/mol. The number of carbonyl (C=O) groups is 1. The molecule has 0 radical (unpaired) electrons. The highest BCUT2D eigenvalue weighted by molar-refractivity contribution is 7.75. The van der Waals surface area contributed by atoms with Gasteiger partial charge in [0.2, 0.25) is 0 Å². The predicted octanol–water partition coefficient (Wildman–Crippen LogP) is 1.42. The molecular weight excluding hydrogens is 136 g/mol. The topological polar surface area (TPSA) is 26.3 Å². The Labute approximate surface area is 60.2 Å². The van der Waals surface area contributed by atoms with Crippen LogP contribution in [-0.2, 0) is 8.98 Å². The van der Waals surface area contributed by atoms with Crippen LogP contribution in [0.2, 0.25) is 0 Å². The summed E-state index contributed by atoms with van der Waals surface area (Å²) in [6, 6.07) is 0. The van der Waals surface area contributed by atoms with Crippen molar-refractivity contribution in [3.8, 4) is 0 Å². The standard InChI is InChI=1S/C6H10O2S/c1-4-2-5(3-4)6(7)8-9/h4-5,9H,2-3H2,1H3. The zero-order chi connectivity index (χ0) is 6.85. The number of hydrogen-bond acceptors (Lipinski definition) is 3. The van der Waals surface area contributed by atoms with Crippen molar-refractivity contribution in [1.82, 2.24) is 0 Å². The van der Waals surface area contributed by atoms with Crippen LogP contribution < -0.4 is 0 Å². The highest BCUT2D eigenvalue weighted by Gasteiger charge is 2.32. The molecule has 0 aromatic heterocycles. The first kappa shape index (κ1) is 6.93. The van der Waals surface area contributed by atoms with Crippen LogP contribution in [-0.4, -0.2) is 5.97 Å². The van der Waals surface area contributed by atoms with Gasteiger partial charge in [0.1, 0.15) is 0 Å². The van der Waals surface area contributed by atoms with Gasteiger partial charge in [-0.25, -0.2) is 0 Å². The Morgan fingerprint density at radius 3 is 2.56 bits per heavy atom. The molecule has 52 valence electrons. The van der Waals surface area contributed by atoms with E-state index in [4.69, 9.17) is 0 Å². The van der Waals surface area contributed by atoms with Crippen molar-refractivity contribution in [2.75, 3.05) is 0 Å². The van der Waals surface area contributed by atoms with Gasteiger partial charge in [0.15, 0.2) is 0 Å². The summed E-state index contributed by atoms with van der Waals surface area (Å²) in [6.45, 7) is 2.13. The van der Waals surface area contributed by atoms with E-state index >= 15 is 0 Å². The number of thiol groups is 1. The fourth-order valence-corrected chi connectivity index (χ4v) is 1.32. The second kappa shape index (κ2) is 2.60. The van der Waals surface area contributed by atoms with E-state index in [1.165, 1.54) is 0 Å². The van der Waals surface area contributed by atoms with Gasteiger partial charge < -0.3 is 4.18 Å². The maximum absolute atomic E-state index is 10.6. The van der Waals surface area contributed by atoms with E-state index in [1.54, 1.807) is 0 Å². The third-order valence-corrected chi connectivity index (χ3v) is 1.98. The molecule has 0 bridgehead atoms. The van der Waals surface area contributed by atoms with Crippen LogP contribution in [0.1, 0.15) is 19.8 Å². The fourth-order valence-electron chi connectivity index (χ4n) is 1.17. The van der Waals surface area contributed by atoms with E-state index in [1.807, 2.05) is 0 Å². The van der Waals surface area contributed by atoms with Crippen LogP contribution in [0, 0.1) is 11.8 Å². The molecule has 0 spiro atoms. The molecule has 0 saturated heterocycles. The summed E-state index contributed by atoms with van der Waals surface area (Å²) < 4.78 is 4.26. The number of rotatable bonds is 1. The Morgan fingerprint density at radius 1 is 1.67 bits per heavy atom. The molecule has 0 unspecified atom stereocenters. The van der Waals surface area contributed by atoms with Crippen LogP contribution in [0.3, 0.4) is 0 Å². The van der Waals surface area contributed by atoms with Crippen LogP contribution in [0.5, 0.6) is 0 Å². The largest absolute Gasteiger partial charge is 0.394 e. The third kappa shape index (κ3) is 1.39. The Kier molecular flexibility index (Phi) is 2.01. The second-order valence-electron chi connectivity index (χ2n) is 2.68. The first-order valence-corrected chi connectivity index (χ1v) is 3.45. The van der Waals surface area contributed by atoms with E-state index in [0.29, 0.717) is 5.92 Å². The van der Waals surface area contributed by atoms with Gasteiger partial charge in [0.25, 0.3) is 0 Å². The lowest BCUT2D eigenvalue weighted by atomic mass is 9.76. The van der Waals surface area contributed by atoms with Crippen LogP contribution >= 0.6 is 12.9 Å². The highest BCUT2D eigenvalue weighted by Crippen LogP contribution is 2.33. The third-order valence-electron chi connectivity index (χ3n) is 1.80. The van der Waals surface area contributed by atoms with Crippen LogP contribution in [0.25, 0.3) is 0 Å². The van der Waals surface area contributed by atoms with Gasteiger partial charge in [-0.2, -0.15) is 0 Å². The summed E-state index contributed by atoms with van der Waals surface area (Å²) in [5.41, 5.74) is 0. The van der Waals surface area contributed by atoms with E-state index in [-0.39, 0.29) is 11.9 Å². The molecule has 1 saturated carbocycles. The lowest BCUT2D eigenvalue weighted by molar-refractivity contribution is -0.141. The van der Waals surface area contributed by atoms with Crippen molar-refractivity contribution in [2.45, 2.75) is 19.8 Å². The summed E-state index contributed by atoms with van der Waals surface area (Å²) in [5, 5.41) is 0. The normalized spacial score (nSPS) is 33.1. The quantitative estimate of drug-likeness (QED) is 0.447. The Bertz CT molecular complexity index is 118. The molecule has 0 N–H and O–H groups in total. The van der Waals surface area contributed by atoms with Gasteiger partial charge in [0, 0.05) is 12.9 Å². The average molecular weight is 146 g/mol. The second-order valence-corrected chi connectivity index (χ2v) is 2.87. The van der Waals surface area contributed by atoms with E-state index in [0.717, 1.165) is 12.8 Å². The molecule has 0 heterocycles. The Hall–Kier alpha value is -0.180. The van der Waals surface area contributed by atoms with Gasteiger partial charge in [-0.1, -0.05) is 6.92 Å². The molecule has 1 aliphatic rings. The summed E-state index contributed by atoms with van der Waals surface area (Å²) >= 11 is 3.42. The van der Waals surface area contributed by atoms with Gasteiger partial charge in [-0.15, -0.1) is 0 Å². The van der Waals surface area contributed by atoms with Gasteiger partial charge in [-0.05, 0) is 18.8 Å². The van der Waals surface area contributed by atoms with Crippen molar-refractivity contribution in [3.63, 3.8) is 0 Å². The van der Waals surface area contributed by atoms with Crippen molar-refractivity contribution < 1.29 is 8.98 Å². The number of hydrogen-bond donors (Lipinski definition) is 1. The minimum absolute atomic E-state index is 0.137. The maximum Gasteiger partial charge on any atom is 0.320 e. The Balaban J connectivity index is 2.23. The lowest BCUT2D eigenvalue weighted by Crippen LogP contribution is -2.28. The molecule has 1 rings (SSSR count). The van der Waals surface area contributed by atoms with E-state index in [2.05, 4.69) is 24.0 Å². The van der Waals surface area contributed by atoms with Crippen molar-refractivity contribution >= 4 is 18.9 Å². The molecule has 2 nitrogen and oxygen atoms in total. The molecule has 0 atom stereocenters. The van der Waals surface area contributed by atoms with Gasteiger partial charge >= 0.3 is 5.97 Å². The first-order chi connectivity index (χ1) is 4.24. The summed E-state index contributed by atoms with van der Waals surface area (Å²) in [4.78, 5) is 10.6. The molecule has 0 amide bonds. The molecule has 0 aromatic carbocycles. The summed E-state index contributed by atoms with van der Waals surface area (Å²) in [7, 11) is 0. The van der Waals surface area contributed by atoms with Crippen molar-refractivity contribution in [2.24, 2.45) is 11.8 Å². The minimum Gasteiger partial charge on any atom is -0.394 e. The monoisotopic (exact) mass is 146 g/mol. The van der Waals surface area contributed by atoms with Crippen LogP contribution in [0.4, 0.5) is 0 Å². The van der Waals surface area contributed by atoms with E-state index in [9.17, 15) is 4.79 Å². The SMILES string of the molecule is CC1CC(C(=O)OS)C1. The van der Waals surface area contributed by atoms with Crippen LogP contribution in [0.15, 0.2) is 0 Å². The van der Waals surface area contributed by atoms with Gasteiger partial charge in [0.05, 0.1) is 5.92 Å². The Morgan fingerprint density at radius 2 is 2.22 bits per heavy atom. The smallest absolute Gasteiger partial charge is 0.320 e. The summed E-state index contributed by atoms with van der Waals surface area (Å²) in [5.74, 6) is 0.663. The zero-order valence-electron chi connectivity index (χ0n) is 5.33. The van der Waals surface area contributed by atoms with Crippen molar-refractivity contribution in [3.05, 3.63) is 0 Å². The zero-order valence-corrected chi connectivity index (χ0v) is 6.23. The average Bonchev–Trinajstić information content (AvgIpc) is 1.79. The fraction of sp³-hybridized carbons (Fsp3) is 0.833. The maximum atomic E-state index is 10.6. The van der Waals surface area contributed by atoms with Gasteiger partial charge in [-0.3, -0.25) is 4.79 Å². The molecule has 0 aliphatic heterocycles. The van der Waals surface area contributed by atoms with Crippen molar-refractivity contribution in [1.29, 1.82) is 0 Å². The number of carbonyl (C=O) groups excluding carboxylic acids is 1.